The topological polar surface area (TPSA) is 63.2 Å². The van der Waals surface area contributed by atoms with Gasteiger partial charge >= 0.3 is 0 Å². The second-order valence-electron chi connectivity index (χ2n) is 5.95. The van der Waals surface area contributed by atoms with Crippen molar-refractivity contribution in [2.24, 2.45) is 0 Å². The summed E-state index contributed by atoms with van der Waals surface area (Å²) in [6.07, 6.45) is 4.90. The van der Waals surface area contributed by atoms with E-state index in [-0.39, 0.29) is 5.91 Å². The van der Waals surface area contributed by atoms with Gasteiger partial charge in [-0.15, -0.1) is 0 Å². The molecule has 1 aromatic heterocycles. The molecule has 0 bridgehead atoms. The molecule has 2 heterocycles. The Morgan fingerprint density at radius 1 is 1.33 bits per heavy atom. The summed E-state index contributed by atoms with van der Waals surface area (Å²) in [5, 5.41) is 6.36. The van der Waals surface area contributed by atoms with Gasteiger partial charge in [0.05, 0.1) is 5.69 Å². The van der Waals surface area contributed by atoms with Gasteiger partial charge in [-0.05, 0) is 51.2 Å². The van der Waals surface area contributed by atoms with Crippen LogP contribution in [0, 0.1) is 6.92 Å². The second kappa shape index (κ2) is 6.43. The third-order valence-electron chi connectivity index (χ3n) is 3.96. The Morgan fingerprint density at radius 3 is 3.00 bits per heavy atom. The van der Waals surface area contributed by atoms with Gasteiger partial charge in [0.1, 0.15) is 5.75 Å². The highest BCUT2D eigenvalue weighted by Gasteiger charge is 2.25. The van der Waals surface area contributed by atoms with Crippen molar-refractivity contribution in [3.8, 4) is 5.75 Å². The monoisotopic (exact) mass is 289 g/mol. The summed E-state index contributed by atoms with van der Waals surface area (Å²) in [7, 11) is 0. The first-order chi connectivity index (χ1) is 10.2. The smallest absolute Gasteiger partial charge is 0.261 e. The van der Waals surface area contributed by atoms with Gasteiger partial charge in [-0.3, -0.25) is 9.78 Å². The number of ether oxygens (including phenoxy) is 1. The first-order valence-corrected chi connectivity index (χ1v) is 7.86. The highest BCUT2D eigenvalue weighted by Crippen LogP contribution is 2.23. The van der Waals surface area contributed by atoms with Gasteiger partial charge in [0, 0.05) is 24.8 Å². The first-order valence-electron chi connectivity index (χ1n) is 7.86. The molecular formula is C16H23N3O2. The molecule has 1 amide bonds. The lowest BCUT2D eigenvalue weighted by Crippen LogP contribution is -2.36. The van der Waals surface area contributed by atoms with Crippen LogP contribution in [0.1, 0.15) is 43.5 Å². The van der Waals surface area contributed by atoms with Gasteiger partial charge in [-0.25, -0.2) is 0 Å². The fourth-order valence-electron chi connectivity index (χ4n) is 2.54. The van der Waals surface area contributed by atoms with Crippen LogP contribution in [-0.2, 0) is 11.3 Å². The molecule has 1 saturated heterocycles. The number of pyridine rings is 1. The summed E-state index contributed by atoms with van der Waals surface area (Å²) < 4.78 is 5.97. The summed E-state index contributed by atoms with van der Waals surface area (Å²) in [6, 6.07) is 4.50. The molecule has 2 N–H and O–H groups in total. The van der Waals surface area contributed by atoms with Crippen LogP contribution in [0.2, 0.25) is 0 Å². The molecule has 0 aromatic carbocycles. The van der Waals surface area contributed by atoms with Crippen molar-refractivity contribution in [2.75, 3.05) is 6.54 Å². The van der Waals surface area contributed by atoms with Crippen molar-refractivity contribution in [3.63, 3.8) is 0 Å². The summed E-state index contributed by atoms with van der Waals surface area (Å²) in [5.74, 6) is 0.727. The molecule has 114 valence electrons. The van der Waals surface area contributed by atoms with E-state index < -0.39 is 6.10 Å². The van der Waals surface area contributed by atoms with E-state index in [2.05, 4.69) is 15.6 Å². The molecule has 1 aliphatic heterocycles. The van der Waals surface area contributed by atoms with Crippen molar-refractivity contribution < 1.29 is 9.53 Å². The summed E-state index contributed by atoms with van der Waals surface area (Å²) in [4.78, 5) is 16.6. The van der Waals surface area contributed by atoms with Crippen LogP contribution in [0.4, 0.5) is 0 Å². The van der Waals surface area contributed by atoms with Gasteiger partial charge in [0.2, 0.25) is 0 Å². The fourth-order valence-corrected chi connectivity index (χ4v) is 2.54. The average Bonchev–Trinajstić information content (AvgIpc) is 3.29. The Bertz CT molecular complexity index is 514. The summed E-state index contributed by atoms with van der Waals surface area (Å²) in [5.41, 5.74) is 1.87. The van der Waals surface area contributed by atoms with Crippen LogP contribution in [0.25, 0.3) is 0 Å². The zero-order chi connectivity index (χ0) is 14.7. The third kappa shape index (κ3) is 3.94. The van der Waals surface area contributed by atoms with E-state index in [1.54, 1.807) is 0 Å². The number of aryl methyl sites for hydroxylation is 1. The van der Waals surface area contributed by atoms with E-state index >= 15 is 0 Å². The van der Waals surface area contributed by atoms with Gasteiger partial charge in [0.25, 0.3) is 5.91 Å². The van der Waals surface area contributed by atoms with Crippen LogP contribution >= 0.6 is 0 Å². The number of hydrogen-bond donors (Lipinski definition) is 2. The van der Waals surface area contributed by atoms with Crippen LogP contribution in [0.5, 0.6) is 5.75 Å². The molecule has 1 aliphatic carbocycles. The lowest BCUT2D eigenvalue weighted by atomic mass is 10.2. The second-order valence-corrected chi connectivity index (χ2v) is 5.95. The Hall–Kier alpha value is -1.62. The number of rotatable bonds is 5. The Kier molecular flexibility index (Phi) is 4.39. The van der Waals surface area contributed by atoms with Gasteiger partial charge in [0.15, 0.2) is 6.10 Å². The quantitative estimate of drug-likeness (QED) is 0.866. The molecule has 1 saturated carbocycles. The van der Waals surface area contributed by atoms with E-state index in [1.165, 1.54) is 12.8 Å². The van der Waals surface area contributed by atoms with Crippen molar-refractivity contribution in [1.29, 1.82) is 0 Å². The Labute approximate surface area is 125 Å². The fraction of sp³-hybridized carbons (Fsp3) is 0.625. The minimum Gasteiger partial charge on any atom is -0.479 e. The minimum absolute atomic E-state index is 0.00539. The van der Waals surface area contributed by atoms with Crippen LogP contribution in [-0.4, -0.2) is 29.6 Å². The average molecular weight is 289 g/mol. The maximum Gasteiger partial charge on any atom is 0.261 e. The van der Waals surface area contributed by atoms with Crippen molar-refractivity contribution in [2.45, 2.75) is 57.7 Å². The lowest BCUT2D eigenvalue weighted by molar-refractivity contribution is -0.127. The van der Waals surface area contributed by atoms with E-state index in [9.17, 15) is 4.79 Å². The number of nitrogens with one attached hydrogen (secondary N) is 2. The van der Waals surface area contributed by atoms with E-state index in [0.29, 0.717) is 12.6 Å². The van der Waals surface area contributed by atoms with E-state index in [0.717, 1.165) is 42.9 Å². The van der Waals surface area contributed by atoms with E-state index in [4.69, 9.17) is 4.74 Å². The standard InChI is InChI=1S/C16H23N3O2/c1-11-5-8-14(13(19-11)10-18-12-6-7-12)21-15-4-2-3-9-17-16(15)20/h5,8,12,15,18H,2-4,6-7,9-10H2,1H3,(H,17,20). The molecule has 3 rings (SSSR count). The number of nitrogens with zero attached hydrogens (tertiary/aromatic N) is 1. The first kappa shape index (κ1) is 14.3. The van der Waals surface area contributed by atoms with Gasteiger partial charge in [-0.2, -0.15) is 0 Å². The number of aromatic nitrogens is 1. The molecule has 5 heteroatoms. The normalized spacial score (nSPS) is 22.5. The zero-order valence-corrected chi connectivity index (χ0v) is 12.5. The summed E-state index contributed by atoms with van der Waals surface area (Å²) in [6.45, 7) is 3.43. The van der Waals surface area contributed by atoms with Crippen LogP contribution in [0.3, 0.4) is 0 Å². The van der Waals surface area contributed by atoms with Crippen molar-refractivity contribution in [1.82, 2.24) is 15.6 Å². The molecule has 1 unspecified atom stereocenters. The number of carbonyl (C=O) groups is 1. The molecule has 2 fully saturated rings. The molecule has 0 spiro atoms. The molecular weight excluding hydrogens is 266 g/mol. The molecule has 1 atom stereocenters. The maximum atomic E-state index is 12.0. The van der Waals surface area contributed by atoms with Crippen molar-refractivity contribution in [3.05, 3.63) is 23.5 Å². The molecule has 21 heavy (non-hydrogen) atoms. The lowest BCUT2D eigenvalue weighted by Gasteiger charge is -2.18. The number of carbonyl (C=O) groups excluding carboxylic acids is 1. The van der Waals surface area contributed by atoms with Gasteiger partial charge < -0.3 is 15.4 Å². The Morgan fingerprint density at radius 2 is 2.19 bits per heavy atom. The van der Waals surface area contributed by atoms with E-state index in [1.807, 2.05) is 19.1 Å². The molecule has 0 radical (unpaired) electrons. The molecule has 5 nitrogen and oxygen atoms in total. The number of amides is 1. The maximum absolute atomic E-state index is 12.0. The SMILES string of the molecule is Cc1ccc(OC2CCCCNC2=O)c(CNC2CC2)n1. The predicted octanol–water partition coefficient (Wildman–Crippen LogP) is 1.69. The highest BCUT2D eigenvalue weighted by molar-refractivity contribution is 5.81. The third-order valence-corrected chi connectivity index (χ3v) is 3.96. The predicted molar refractivity (Wildman–Crippen MR) is 80.1 cm³/mol. The van der Waals surface area contributed by atoms with Crippen molar-refractivity contribution >= 4 is 5.91 Å². The zero-order valence-electron chi connectivity index (χ0n) is 12.5. The highest BCUT2D eigenvalue weighted by atomic mass is 16.5. The number of hydrogen-bond acceptors (Lipinski definition) is 4. The minimum atomic E-state index is -0.392. The van der Waals surface area contributed by atoms with Crippen LogP contribution in [0.15, 0.2) is 12.1 Å². The Balaban J connectivity index is 1.71. The largest absolute Gasteiger partial charge is 0.479 e. The summed E-state index contributed by atoms with van der Waals surface area (Å²) >= 11 is 0. The molecule has 2 aliphatic rings. The molecule has 1 aromatic rings. The van der Waals surface area contributed by atoms with Crippen LogP contribution < -0.4 is 15.4 Å². The van der Waals surface area contributed by atoms with Gasteiger partial charge in [-0.1, -0.05) is 0 Å².